The van der Waals surface area contributed by atoms with E-state index in [0.29, 0.717) is 5.82 Å². The molecule has 1 aliphatic rings. The molecular formula is C17H20ClFN4O. The average molecular weight is 351 g/mol. The number of rotatable bonds is 3. The van der Waals surface area contributed by atoms with Gasteiger partial charge >= 0.3 is 0 Å². The number of aromatic nitrogens is 1. The fourth-order valence-corrected chi connectivity index (χ4v) is 2.56. The molecule has 128 valence electrons. The van der Waals surface area contributed by atoms with Crippen LogP contribution in [0.25, 0.3) is 0 Å². The van der Waals surface area contributed by atoms with E-state index in [4.69, 9.17) is 0 Å². The molecule has 1 aromatic carbocycles. The summed E-state index contributed by atoms with van der Waals surface area (Å²) in [5.41, 5.74) is 1.81. The van der Waals surface area contributed by atoms with Crippen molar-refractivity contribution < 1.29 is 9.18 Å². The van der Waals surface area contributed by atoms with E-state index >= 15 is 0 Å². The Morgan fingerprint density at radius 3 is 2.62 bits per heavy atom. The number of amides is 1. The molecule has 5 nitrogen and oxygen atoms in total. The van der Waals surface area contributed by atoms with Gasteiger partial charge in [-0.25, -0.2) is 9.37 Å². The summed E-state index contributed by atoms with van der Waals surface area (Å²) in [6.07, 6.45) is 1.73. The highest BCUT2D eigenvalue weighted by Crippen LogP contribution is 2.17. The van der Waals surface area contributed by atoms with Crippen molar-refractivity contribution in [1.29, 1.82) is 0 Å². The molecule has 1 aliphatic heterocycles. The monoisotopic (exact) mass is 350 g/mol. The van der Waals surface area contributed by atoms with Gasteiger partial charge in [0.2, 0.25) is 0 Å². The smallest absolute Gasteiger partial charge is 0.259 e. The minimum absolute atomic E-state index is 0. The number of carbonyl (C=O) groups excluding carboxylic acids is 1. The van der Waals surface area contributed by atoms with Gasteiger partial charge in [-0.2, -0.15) is 0 Å². The highest BCUT2D eigenvalue weighted by molar-refractivity contribution is 6.04. The number of hydrogen-bond acceptors (Lipinski definition) is 4. The molecule has 0 spiro atoms. The Morgan fingerprint density at radius 2 is 2.00 bits per heavy atom. The Hall–Kier alpha value is -2.18. The largest absolute Gasteiger partial charge is 0.368 e. The van der Waals surface area contributed by atoms with Gasteiger partial charge in [-0.05, 0) is 36.8 Å². The van der Waals surface area contributed by atoms with Crippen LogP contribution in [0.5, 0.6) is 0 Å². The van der Waals surface area contributed by atoms with Crippen LogP contribution in [0.15, 0.2) is 36.5 Å². The highest BCUT2D eigenvalue weighted by atomic mass is 35.5. The Morgan fingerprint density at radius 1 is 1.25 bits per heavy atom. The van der Waals surface area contributed by atoms with Crippen LogP contribution >= 0.6 is 12.4 Å². The fraction of sp³-hybridized carbons (Fsp3) is 0.294. The predicted octanol–water partition coefficient (Wildman–Crippen LogP) is 2.61. The van der Waals surface area contributed by atoms with Crippen molar-refractivity contribution in [3.63, 3.8) is 0 Å². The summed E-state index contributed by atoms with van der Waals surface area (Å²) >= 11 is 0. The van der Waals surface area contributed by atoms with Gasteiger partial charge in [0, 0.05) is 26.2 Å². The maximum atomic E-state index is 13.8. The molecule has 3 rings (SSSR count). The number of anilines is 2. The second-order valence-electron chi connectivity index (χ2n) is 5.58. The zero-order valence-corrected chi connectivity index (χ0v) is 14.2. The highest BCUT2D eigenvalue weighted by Gasteiger charge is 2.14. The fourth-order valence-electron chi connectivity index (χ4n) is 2.56. The molecule has 2 N–H and O–H groups in total. The molecule has 0 unspecified atom stereocenters. The van der Waals surface area contributed by atoms with Gasteiger partial charge < -0.3 is 15.5 Å². The molecule has 0 radical (unpaired) electrons. The van der Waals surface area contributed by atoms with Gasteiger partial charge in [0.25, 0.3) is 5.91 Å². The molecule has 2 heterocycles. The number of halogens is 2. The van der Waals surface area contributed by atoms with Crippen LogP contribution in [-0.4, -0.2) is 37.1 Å². The van der Waals surface area contributed by atoms with Gasteiger partial charge in [-0.15, -0.1) is 12.4 Å². The number of aryl methyl sites for hydroxylation is 1. The molecule has 1 fully saturated rings. The molecule has 0 bridgehead atoms. The van der Waals surface area contributed by atoms with Gasteiger partial charge in [-0.3, -0.25) is 4.79 Å². The van der Waals surface area contributed by atoms with Crippen LogP contribution in [0.3, 0.4) is 0 Å². The number of benzene rings is 1. The minimum atomic E-state index is -0.528. The quantitative estimate of drug-likeness (QED) is 0.893. The third kappa shape index (κ3) is 4.21. The first-order valence-electron chi connectivity index (χ1n) is 7.63. The van der Waals surface area contributed by atoms with Gasteiger partial charge in [0.05, 0.1) is 17.4 Å². The molecule has 0 saturated carbocycles. The number of piperazine rings is 1. The lowest BCUT2D eigenvalue weighted by atomic mass is 10.1. The van der Waals surface area contributed by atoms with E-state index in [1.165, 1.54) is 12.1 Å². The normalized spacial score (nSPS) is 14.0. The molecule has 1 saturated heterocycles. The van der Waals surface area contributed by atoms with E-state index in [-0.39, 0.29) is 18.0 Å². The number of pyridine rings is 1. The Balaban J connectivity index is 0.00000208. The van der Waals surface area contributed by atoms with Gasteiger partial charge in [0.1, 0.15) is 11.6 Å². The lowest BCUT2D eigenvalue weighted by molar-refractivity contribution is 0.102. The lowest BCUT2D eigenvalue weighted by Crippen LogP contribution is -2.43. The second kappa shape index (κ2) is 8.08. The second-order valence-corrected chi connectivity index (χ2v) is 5.58. The van der Waals surface area contributed by atoms with Crippen molar-refractivity contribution >= 4 is 29.8 Å². The summed E-state index contributed by atoms with van der Waals surface area (Å²) in [5, 5.41) is 5.92. The van der Waals surface area contributed by atoms with Crippen molar-refractivity contribution in [2.75, 3.05) is 36.4 Å². The zero-order chi connectivity index (χ0) is 16.2. The number of carbonyl (C=O) groups is 1. The summed E-state index contributed by atoms with van der Waals surface area (Å²) in [7, 11) is 0. The SMILES string of the molecule is Cc1ccc(C(=O)Nc2ccc(N3CCNCC3)cn2)c(F)c1.Cl. The lowest BCUT2D eigenvalue weighted by Gasteiger charge is -2.29. The van der Waals surface area contributed by atoms with Crippen molar-refractivity contribution in [2.45, 2.75) is 6.92 Å². The van der Waals surface area contributed by atoms with Crippen molar-refractivity contribution in [2.24, 2.45) is 0 Å². The van der Waals surface area contributed by atoms with Crippen LogP contribution in [0, 0.1) is 12.7 Å². The Kier molecular flexibility index (Phi) is 6.11. The van der Waals surface area contributed by atoms with Gasteiger partial charge in [-0.1, -0.05) is 6.07 Å². The first kappa shape index (κ1) is 18.2. The summed E-state index contributed by atoms with van der Waals surface area (Å²) < 4.78 is 13.8. The number of nitrogens with one attached hydrogen (secondary N) is 2. The van der Waals surface area contributed by atoms with E-state index in [0.717, 1.165) is 37.4 Å². The van der Waals surface area contributed by atoms with Crippen molar-refractivity contribution in [3.05, 3.63) is 53.5 Å². The molecule has 1 aromatic heterocycles. The third-order valence-electron chi connectivity index (χ3n) is 3.84. The molecule has 7 heteroatoms. The third-order valence-corrected chi connectivity index (χ3v) is 3.84. The van der Waals surface area contributed by atoms with E-state index < -0.39 is 11.7 Å². The molecule has 24 heavy (non-hydrogen) atoms. The average Bonchev–Trinajstić information content (AvgIpc) is 2.56. The Bertz CT molecular complexity index is 702. The van der Waals surface area contributed by atoms with Crippen molar-refractivity contribution in [3.8, 4) is 0 Å². The molecule has 0 atom stereocenters. The van der Waals surface area contributed by atoms with E-state index in [1.54, 1.807) is 25.3 Å². The molecule has 2 aromatic rings. The number of hydrogen-bond donors (Lipinski definition) is 2. The van der Waals surface area contributed by atoms with Crippen LogP contribution in [-0.2, 0) is 0 Å². The van der Waals surface area contributed by atoms with E-state index in [9.17, 15) is 9.18 Å². The first-order valence-corrected chi connectivity index (χ1v) is 7.63. The standard InChI is InChI=1S/C17H19FN4O.ClH/c1-12-2-4-14(15(18)10-12)17(23)21-16-5-3-13(11-20-16)22-8-6-19-7-9-22;/h2-5,10-11,19H,6-9H2,1H3,(H,20,21,23);1H. The first-order chi connectivity index (χ1) is 11.1. The summed E-state index contributed by atoms with van der Waals surface area (Å²) in [4.78, 5) is 18.6. The topological polar surface area (TPSA) is 57.3 Å². The maximum Gasteiger partial charge on any atom is 0.259 e. The minimum Gasteiger partial charge on any atom is -0.368 e. The molecule has 1 amide bonds. The molecule has 0 aliphatic carbocycles. The van der Waals surface area contributed by atoms with Crippen LogP contribution in [0.2, 0.25) is 0 Å². The van der Waals surface area contributed by atoms with E-state index in [1.807, 2.05) is 6.07 Å². The van der Waals surface area contributed by atoms with Crippen LogP contribution in [0.1, 0.15) is 15.9 Å². The van der Waals surface area contributed by atoms with Crippen molar-refractivity contribution in [1.82, 2.24) is 10.3 Å². The summed E-state index contributed by atoms with van der Waals surface area (Å²) in [5.74, 6) is -0.612. The Labute approximate surface area is 146 Å². The summed E-state index contributed by atoms with van der Waals surface area (Å²) in [6.45, 7) is 5.54. The zero-order valence-electron chi connectivity index (χ0n) is 13.4. The van der Waals surface area contributed by atoms with Crippen LogP contribution in [0.4, 0.5) is 15.9 Å². The van der Waals surface area contributed by atoms with Gasteiger partial charge in [0.15, 0.2) is 0 Å². The summed E-state index contributed by atoms with van der Waals surface area (Å²) in [6, 6.07) is 8.19. The van der Waals surface area contributed by atoms with Crippen LogP contribution < -0.4 is 15.5 Å². The van der Waals surface area contributed by atoms with E-state index in [2.05, 4.69) is 20.5 Å². The predicted molar refractivity (Wildman–Crippen MR) is 95.7 cm³/mol. The maximum absolute atomic E-state index is 13.8. The number of nitrogens with zero attached hydrogens (tertiary/aromatic N) is 2. The molecular weight excluding hydrogens is 331 g/mol.